The van der Waals surface area contributed by atoms with E-state index in [9.17, 15) is 4.79 Å². The summed E-state index contributed by atoms with van der Waals surface area (Å²) < 4.78 is 5.12. The first-order valence-electron chi connectivity index (χ1n) is 4.89. The van der Waals surface area contributed by atoms with Crippen LogP contribution < -0.4 is 0 Å². The van der Waals surface area contributed by atoms with Crippen LogP contribution in [0.4, 0.5) is 0 Å². The molecular formula is C11H10N2O3S. The van der Waals surface area contributed by atoms with Crippen LogP contribution in [-0.4, -0.2) is 21.0 Å². The van der Waals surface area contributed by atoms with Crippen molar-refractivity contribution in [1.29, 1.82) is 0 Å². The fourth-order valence-electron chi connectivity index (χ4n) is 1.27. The Labute approximate surface area is 102 Å². The standard InChI is InChI=1S/C11H10N2O3S/c1-7-2-4-12-11(13-7)17-6-9-8(10(14)15)3-5-16-9/h2-5H,6H2,1H3,(H,14,15). The quantitative estimate of drug-likeness (QED) is 0.663. The van der Waals surface area contributed by atoms with E-state index in [0.717, 1.165) is 5.69 Å². The molecule has 0 aliphatic carbocycles. The fourth-order valence-corrected chi connectivity index (χ4v) is 2.10. The maximum atomic E-state index is 10.8. The Balaban J connectivity index is 2.07. The third-order valence-electron chi connectivity index (χ3n) is 2.08. The molecule has 0 saturated carbocycles. The van der Waals surface area contributed by atoms with E-state index in [1.54, 1.807) is 12.3 Å². The van der Waals surface area contributed by atoms with Crippen molar-refractivity contribution in [2.45, 2.75) is 17.8 Å². The summed E-state index contributed by atoms with van der Waals surface area (Å²) in [5.74, 6) is -0.162. The van der Waals surface area contributed by atoms with Crippen LogP contribution in [0.5, 0.6) is 0 Å². The zero-order valence-corrected chi connectivity index (χ0v) is 9.90. The molecule has 88 valence electrons. The summed E-state index contributed by atoms with van der Waals surface area (Å²) in [6.07, 6.45) is 3.04. The lowest BCUT2D eigenvalue weighted by molar-refractivity contribution is 0.0695. The Morgan fingerprint density at radius 1 is 1.53 bits per heavy atom. The van der Waals surface area contributed by atoms with Gasteiger partial charge >= 0.3 is 5.97 Å². The third-order valence-corrected chi connectivity index (χ3v) is 2.94. The highest BCUT2D eigenvalue weighted by atomic mass is 32.2. The number of aromatic carboxylic acids is 1. The number of hydrogen-bond acceptors (Lipinski definition) is 5. The topological polar surface area (TPSA) is 76.2 Å². The van der Waals surface area contributed by atoms with Crippen molar-refractivity contribution in [3.05, 3.63) is 41.6 Å². The van der Waals surface area contributed by atoms with Gasteiger partial charge < -0.3 is 9.52 Å². The first-order valence-corrected chi connectivity index (χ1v) is 5.87. The van der Waals surface area contributed by atoms with Crippen LogP contribution in [0, 0.1) is 6.92 Å². The molecule has 0 atom stereocenters. The van der Waals surface area contributed by atoms with Gasteiger partial charge in [-0.1, -0.05) is 11.8 Å². The molecule has 2 rings (SSSR count). The number of thioether (sulfide) groups is 1. The first-order chi connectivity index (χ1) is 8.16. The second kappa shape index (κ2) is 5.01. The average molecular weight is 250 g/mol. The van der Waals surface area contributed by atoms with Crippen LogP contribution >= 0.6 is 11.8 Å². The Morgan fingerprint density at radius 2 is 2.35 bits per heavy atom. The molecule has 5 nitrogen and oxygen atoms in total. The molecule has 6 heteroatoms. The Hall–Kier alpha value is -1.82. The number of furan rings is 1. The van der Waals surface area contributed by atoms with Crippen LogP contribution in [0.2, 0.25) is 0 Å². The second-order valence-corrected chi connectivity index (χ2v) is 4.27. The minimum absolute atomic E-state index is 0.185. The van der Waals surface area contributed by atoms with Gasteiger partial charge in [0.25, 0.3) is 0 Å². The van der Waals surface area contributed by atoms with Crippen LogP contribution in [0.3, 0.4) is 0 Å². The number of nitrogens with zero attached hydrogens (tertiary/aromatic N) is 2. The predicted octanol–water partition coefficient (Wildman–Crippen LogP) is 2.37. The monoisotopic (exact) mass is 250 g/mol. The molecule has 0 bridgehead atoms. The molecule has 2 aromatic heterocycles. The molecule has 0 aromatic carbocycles. The minimum Gasteiger partial charge on any atom is -0.478 e. The SMILES string of the molecule is Cc1ccnc(SCc2occc2C(=O)O)n1. The Morgan fingerprint density at radius 3 is 3.06 bits per heavy atom. The molecule has 0 spiro atoms. The van der Waals surface area contributed by atoms with E-state index in [-0.39, 0.29) is 5.56 Å². The normalized spacial score (nSPS) is 10.4. The van der Waals surface area contributed by atoms with E-state index in [1.165, 1.54) is 24.1 Å². The molecular weight excluding hydrogens is 240 g/mol. The predicted molar refractivity (Wildman–Crippen MR) is 62.0 cm³/mol. The van der Waals surface area contributed by atoms with Gasteiger partial charge in [0.05, 0.1) is 12.0 Å². The van der Waals surface area contributed by atoms with Gasteiger partial charge in [0, 0.05) is 11.9 Å². The van der Waals surface area contributed by atoms with Crippen molar-refractivity contribution in [1.82, 2.24) is 9.97 Å². The van der Waals surface area contributed by atoms with Crippen molar-refractivity contribution in [3.63, 3.8) is 0 Å². The van der Waals surface area contributed by atoms with Crippen LogP contribution in [0.1, 0.15) is 21.8 Å². The van der Waals surface area contributed by atoms with Crippen LogP contribution in [0.15, 0.2) is 34.2 Å². The van der Waals surface area contributed by atoms with Crippen molar-refractivity contribution in [3.8, 4) is 0 Å². The molecule has 0 aliphatic heterocycles. The molecule has 2 heterocycles. The molecule has 0 aliphatic rings. The van der Waals surface area contributed by atoms with Gasteiger partial charge in [-0.2, -0.15) is 0 Å². The van der Waals surface area contributed by atoms with Gasteiger partial charge in [-0.3, -0.25) is 0 Å². The van der Waals surface area contributed by atoms with Gasteiger partial charge in [0.2, 0.25) is 0 Å². The highest BCUT2D eigenvalue weighted by Crippen LogP contribution is 2.22. The van der Waals surface area contributed by atoms with E-state index < -0.39 is 5.97 Å². The van der Waals surface area contributed by atoms with Gasteiger partial charge in [0.1, 0.15) is 11.3 Å². The number of rotatable bonds is 4. The molecule has 1 N–H and O–H groups in total. The molecule has 0 saturated heterocycles. The number of carboxylic acids is 1. The maximum Gasteiger partial charge on any atom is 0.339 e. The largest absolute Gasteiger partial charge is 0.478 e. The number of carbonyl (C=O) groups is 1. The molecule has 17 heavy (non-hydrogen) atoms. The van der Waals surface area contributed by atoms with E-state index in [1.807, 2.05) is 6.92 Å². The molecule has 2 aromatic rings. The summed E-state index contributed by atoms with van der Waals surface area (Å²) in [6, 6.07) is 3.24. The number of aryl methyl sites for hydroxylation is 1. The molecule has 0 fully saturated rings. The minimum atomic E-state index is -0.987. The highest BCUT2D eigenvalue weighted by molar-refractivity contribution is 7.98. The van der Waals surface area contributed by atoms with Crippen molar-refractivity contribution >= 4 is 17.7 Å². The van der Waals surface area contributed by atoms with E-state index >= 15 is 0 Å². The lowest BCUT2D eigenvalue weighted by Crippen LogP contribution is -1.98. The third kappa shape index (κ3) is 2.85. The van der Waals surface area contributed by atoms with E-state index in [0.29, 0.717) is 16.7 Å². The Kier molecular flexibility index (Phi) is 3.43. The lowest BCUT2D eigenvalue weighted by Gasteiger charge is -1.99. The average Bonchev–Trinajstić information content (AvgIpc) is 2.74. The van der Waals surface area contributed by atoms with Gasteiger partial charge in [-0.05, 0) is 19.1 Å². The smallest absolute Gasteiger partial charge is 0.339 e. The Bertz CT molecular complexity index is 539. The summed E-state index contributed by atoms with van der Waals surface area (Å²) in [5, 5.41) is 9.50. The van der Waals surface area contributed by atoms with Crippen LogP contribution in [-0.2, 0) is 5.75 Å². The van der Waals surface area contributed by atoms with Gasteiger partial charge in [-0.25, -0.2) is 14.8 Å². The number of carboxylic acid groups (broad SMARTS) is 1. The molecule has 0 radical (unpaired) electrons. The van der Waals surface area contributed by atoms with E-state index in [4.69, 9.17) is 9.52 Å². The highest BCUT2D eigenvalue weighted by Gasteiger charge is 2.13. The summed E-state index contributed by atoms with van der Waals surface area (Å²) in [5.41, 5.74) is 1.06. The maximum absolute atomic E-state index is 10.8. The first kappa shape index (κ1) is 11.7. The summed E-state index contributed by atoms with van der Waals surface area (Å²) in [7, 11) is 0. The summed E-state index contributed by atoms with van der Waals surface area (Å²) in [6.45, 7) is 1.88. The zero-order chi connectivity index (χ0) is 12.3. The second-order valence-electron chi connectivity index (χ2n) is 3.33. The van der Waals surface area contributed by atoms with E-state index in [2.05, 4.69) is 9.97 Å². The number of aromatic nitrogens is 2. The van der Waals surface area contributed by atoms with Crippen LogP contribution in [0.25, 0.3) is 0 Å². The molecule has 0 unspecified atom stereocenters. The van der Waals surface area contributed by atoms with Crippen molar-refractivity contribution in [2.24, 2.45) is 0 Å². The van der Waals surface area contributed by atoms with Gasteiger partial charge in [0.15, 0.2) is 5.16 Å². The number of hydrogen-bond donors (Lipinski definition) is 1. The van der Waals surface area contributed by atoms with Crippen molar-refractivity contribution in [2.75, 3.05) is 0 Å². The zero-order valence-electron chi connectivity index (χ0n) is 9.08. The van der Waals surface area contributed by atoms with Gasteiger partial charge in [-0.15, -0.1) is 0 Å². The van der Waals surface area contributed by atoms with Crippen molar-refractivity contribution < 1.29 is 14.3 Å². The fraction of sp³-hybridized carbons (Fsp3) is 0.182. The summed E-state index contributed by atoms with van der Waals surface area (Å²) >= 11 is 1.34. The summed E-state index contributed by atoms with van der Waals surface area (Å²) in [4.78, 5) is 19.1. The lowest BCUT2D eigenvalue weighted by atomic mass is 10.3. The molecule has 0 amide bonds.